The number of nitrogens with one attached hydrogen (secondary N) is 1. The predicted octanol–water partition coefficient (Wildman–Crippen LogP) is 0.452. The van der Waals surface area contributed by atoms with Gasteiger partial charge >= 0.3 is 0 Å². The molecule has 1 fully saturated rings. The highest BCUT2D eigenvalue weighted by molar-refractivity contribution is 5.52. The molecule has 1 aliphatic heterocycles. The van der Waals surface area contributed by atoms with Crippen LogP contribution < -0.4 is 16.0 Å². The molecule has 17 heavy (non-hydrogen) atoms. The summed E-state index contributed by atoms with van der Waals surface area (Å²) in [7, 11) is 1.80. The average molecular weight is 237 g/mol. The molecule has 2 heterocycles. The van der Waals surface area contributed by atoms with Crippen molar-refractivity contribution in [3.05, 3.63) is 6.07 Å². The number of hydrogen-bond acceptors (Lipinski definition) is 6. The van der Waals surface area contributed by atoms with Crippen LogP contribution in [0.1, 0.15) is 19.8 Å². The van der Waals surface area contributed by atoms with Gasteiger partial charge in [-0.1, -0.05) is 0 Å². The Kier molecular flexibility index (Phi) is 3.06. The molecule has 0 aromatic carbocycles. The van der Waals surface area contributed by atoms with Gasteiger partial charge in [0.1, 0.15) is 11.6 Å². The van der Waals surface area contributed by atoms with Crippen molar-refractivity contribution in [2.24, 2.45) is 0 Å². The monoisotopic (exact) mass is 237 g/mol. The number of aliphatic hydroxyl groups is 1. The minimum absolute atomic E-state index is 0.268. The largest absolute Gasteiger partial charge is 0.390 e. The fraction of sp³-hybridized carbons (Fsp3) is 0.636. The number of rotatable bonds is 2. The van der Waals surface area contributed by atoms with E-state index in [1.54, 1.807) is 7.05 Å². The summed E-state index contributed by atoms with van der Waals surface area (Å²) in [4.78, 5) is 10.4. The zero-order chi connectivity index (χ0) is 12.5. The van der Waals surface area contributed by atoms with E-state index in [1.165, 1.54) is 0 Å². The van der Waals surface area contributed by atoms with E-state index < -0.39 is 5.60 Å². The van der Waals surface area contributed by atoms with Crippen LogP contribution in [0.25, 0.3) is 0 Å². The lowest BCUT2D eigenvalue weighted by molar-refractivity contribution is 0.0350. The molecular weight excluding hydrogens is 218 g/mol. The van der Waals surface area contributed by atoms with Gasteiger partial charge in [0.25, 0.3) is 0 Å². The van der Waals surface area contributed by atoms with E-state index in [1.807, 2.05) is 13.0 Å². The Morgan fingerprint density at radius 1 is 1.41 bits per heavy atom. The van der Waals surface area contributed by atoms with E-state index in [0.717, 1.165) is 31.7 Å². The summed E-state index contributed by atoms with van der Waals surface area (Å²) in [5.41, 5.74) is 5.10. The fourth-order valence-corrected chi connectivity index (χ4v) is 1.96. The van der Waals surface area contributed by atoms with Crippen LogP contribution in [0, 0.1) is 0 Å². The number of nitrogens with zero attached hydrogens (tertiary/aromatic N) is 3. The molecule has 2 rings (SSSR count). The lowest BCUT2D eigenvalue weighted by atomic mass is 9.94. The van der Waals surface area contributed by atoms with Crippen LogP contribution in [0.2, 0.25) is 0 Å². The molecule has 6 nitrogen and oxygen atoms in total. The molecular formula is C11H19N5O. The van der Waals surface area contributed by atoms with Gasteiger partial charge in [-0.25, -0.2) is 0 Å². The number of aromatic nitrogens is 2. The summed E-state index contributed by atoms with van der Waals surface area (Å²) in [6, 6.07) is 1.87. The number of nitrogens with two attached hydrogens (primary N) is 1. The van der Waals surface area contributed by atoms with Gasteiger partial charge < -0.3 is 21.1 Å². The Hall–Kier alpha value is -1.56. The van der Waals surface area contributed by atoms with Gasteiger partial charge in [0, 0.05) is 26.2 Å². The Morgan fingerprint density at radius 3 is 2.65 bits per heavy atom. The van der Waals surface area contributed by atoms with Crippen LogP contribution in [0.4, 0.5) is 17.6 Å². The van der Waals surface area contributed by atoms with E-state index in [0.29, 0.717) is 5.82 Å². The maximum absolute atomic E-state index is 9.90. The Labute approximate surface area is 101 Å². The molecule has 1 aliphatic rings. The molecule has 6 heteroatoms. The summed E-state index contributed by atoms with van der Waals surface area (Å²) in [5.74, 6) is 1.80. The first-order valence-corrected chi connectivity index (χ1v) is 5.80. The lowest BCUT2D eigenvalue weighted by Crippen LogP contribution is -2.42. The normalized spacial score (nSPS) is 19.1. The molecule has 4 N–H and O–H groups in total. The van der Waals surface area contributed by atoms with Crippen LogP contribution in [0.3, 0.4) is 0 Å². The molecule has 0 unspecified atom stereocenters. The van der Waals surface area contributed by atoms with Gasteiger partial charge in [-0.15, -0.1) is 0 Å². The highest BCUT2D eigenvalue weighted by atomic mass is 16.3. The van der Waals surface area contributed by atoms with Crippen molar-refractivity contribution < 1.29 is 5.11 Å². The minimum Gasteiger partial charge on any atom is -0.390 e. The quantitative estimate of drug-likeness (QED) is 0.692. The first-order valence-electron chi connectivity index (χ1n) is 5.80. The van der Waals surface area contributed by atoms with Crippen LogP contribution in [0.15, 0.2) is 6.07 Å². The summed E-state index contributed by atoms with van der Waals surface area (Å²) in [5, 5.41) is 12.9. The Balaban J connectivity index is 2.15. The lowest BCUT2D eigenvalue weighted by Gasteiger charge is -2.36. The maximum atomic E-state index is 9.90. The Morgan fingerprint density at radius 2 is 2.06 bits per heavy atom. The van der Waals surface area contributed by atoms with Gasteiger partial charge in [0.05, 0.1) is 5.60 Å². The second kappa shape index (κ2) is 4.37. The molecule has 0 bridgehead atoms. The second-order valence-electron chi connectivity index (χ2n) is 4.70. The van der Waals surface area contributed by atoms with Crippen molar-refractivity contribution >= 4 is 17.6 Å². The summed E-state index contributed by atoms with van der Waals surface area (Å²) < 4.78 is 0. The fourth-order valence-electron chi connectivity index (χ4n) is 1.96. The first kappa shape index (κ1) is 11.9. The maximum Gasteiger partial charge on any atom is 0.223 e. The average Bonchev–Trinajstić information content (AvgIpc) is 2.28. The van der Waals surface area contributed by atoms with Gasteiger partial charge in [0.15, 0.2) is 0 Å². The third kappa shape index (κ3) is 2.76. The molecule has 0 spiro atoms. The van der Waals surface area contributed by atoms with Crippen LogP contribution in [-0.2, 0) is 0 Å². The van der Waals surface area contributed by atoms with Crippen molar-refractivity contribution in [3.8, 4) is 0 Å². The number of anilines is 3. The van der Waals surface area contributed by atoms with Gasteiger partial charge in [-0.3, -0.25) is 0 Å². The number of hydrogen-bond donors (Lipinski definition) is 3. The smallest absolute Gasteiger partial charge is 0.223 e. The summed E-state index contributed by atoms with van der Waals surface area (Å²) in [6.07, 6.45) is 1.48. The van der Waals surface area contributed by atoms with Crippen LogP contribution in [0.5, 0.6) is 0 Å². The zero-order valence-corrected chi connectivity index (χ0v) is 10.3. The molecule has 0 atom stereocenters. The zero-order valence-electron chi connectivity index (χ0n) is 10.3. The Bertz CT molecular complexity index is 397. The van der Waals surface area contributed by atoms with Gasteiger partial charge in [-0.2, -0.15) is 9.97 Å². The molecule has 0 radical (unpaired) electrons. The predicted molar refractivity (Wildman–Crippen MR) is 68.1 cm³/mol. The van der Waals surface area contributed by atoms with Crippen molar-refractivity contribution in [2.45, 2.75) is 25.4 Å². The second-order valence-corrected chi connectivity index (χ2v) is 4.70. The van der Waals surface area contributed by atoms with Gasteiger partial charge in [-0.05, 0) is 19.8 Å². The molecule has 0 aliphatic carbocycles. The number of piperidine rings is 1. The van der Waals surface area contributed by atoms with Gasteiger partial charge in [0.2, 0.25) is 5.95 Å². The van der Waals surface area contributed by atoms with E-state index in [2.05, 4.69) is 20.2 Å². The highest BCUT2D eigenvalue weighted by Crippen LogP contribution is 2.25. The van der Waals surface area contributed by atoms with E-state index in [9.17, 15) is 5.11 Å². The van der Waals surface area contributed by atoms with Crippen molar-refractivity contribution in [2.75, 3.05) is 36.1 Å². The van der Waals surface area contributed by atoms with E-state index in [4.69, 9.17) is 5.73 Å². The summed E-state index contributed by atoms with van der Waals surface area (Å²) >= 11 is 0. The van der Waals surface area contributed by atoms with Crippen molar-refractivity contribution in [3.63, 3.8) is 0 Å². The third-order valence-corrected chi connectivity index (χ3v) is 3.15. The van der Waals surface area contributed by atoms with Crippen molar-refractivity contribution in [1.29, 1.82) is 0 Å². The molecule has 0 saturated carbocycles. The van der Waals surface area contributed by atoms with E-state index >= 15 is 0 Å². The SMILES string of the molecule is CNc1cc(N2CCC(C)(O)CC2)nc(N)n1. The molecule has 94 valence electrons. The number of nitrogen functional groups attached to an aromatic ring is 1. The summed E-state index contributed by atoms with van der Waals surface area (Å²) in [6.45, 7) is 3.44. The standard InChI is InChI=1S/C11H19N5O/c1-11(17)3-5-16(6-4-11)9-7-8(13-2)14-10(12)15-9/h7,17H,3-6H2,1-2H3,(H3,12,13,14,15). The topological polar surface area (TPSA) is 87.3 Å². The first-order chi connectivity index (χ1) is 8.00. The van der Waals surface area contributed by atoms with Crippen molar-refractivity contribution in [1.82, 2.24) is 9.97 Å². The van der Waals surface area contributed by atoms with Crippen LogP contribution in [-0.4, -0.2) is 40.8 Å². The van der Waals surface area contributed by atoms with Crippen LogP contribution >= 0.6 is 0 Å². The molecule has 1 saturated heterocycles. The molecule has 0 amide bonds. The third-order valence-electron chi connectivity index (χ3n) is 3.15. The molecule has 1 aromatic rings. The minimum atomic E-state index is -0.555. The molecule has 1 aromatic heterocycles. The van der Waals surface area contributed by atoms with E-state index in [-0.39, 0.29) is 5.95 Å². The highest BCUT2D eigenvalue weighted by Gasteiger charge is 2.28.